The van der Waals surface area contributed by atoms with E-state index in [0.717, 1.165) is 32.1 Å². The first-order chi connectivity index (χ1) is 8.56. The number of halogens is 2. The van der Waals surface area contributed by atoms with Crippen molar-refractivity contribution >= 4 is 33.2 Å². The molecule has 0 spiro atoms. The van der Waals surface area contributed by atoms with Crippen molar-refractivity contribution in [3.8, 4) is 5.75 Å². The Labute approximate surface area is 120 Å². The summed E-state index contributed by atoms with van der Waals surface area (Å²) in [7, 11) is 0. The second-order valence-electron chi connectivity index (χ2n) is 4.05. The average molecular weight is 327 g/mol. The lowest BCUT2D eigenvalue weighted by atomic mass is 10.2. The molecule has 0 unspecified atom stereocenters. The van der Waals surface area contributed by atoms with Crippen LogP contribution < -0.4 is 10.5 Å². The van der Waals surface area contributed by atoms with Crippen molar-refractivity contribution in [1.82, 2.24) is 0 Å². The summed E-state index contributed by atoms with van der Waals surface area (Å²) in [6.07, 6.45) is 0. The SMILES string of the molecule is Cc1cc(OCc2ccc(N)cc2Br)ccc1Cl. The van der Waals surface area contributed by atoms with Crippen molar-refractivity contribution in [3.05, 3.63) is 57.0 Å². The number of benzene rings is 2. The van der Waals surface area contributed by atoms with Gasteiger partial charge in [-0.05, 0) is 42.8 Å². The molecule has 0 saturated heterocycles. The van der Waals surface area contributed by atoms with Crippen LogP contribution in [0, 0.1) is 6.92 Å². The molecule has 0 aliphatic carbocycles. The van der Waals surface area contributed by atoms with Crippen molar-refractivity contribution in [2.75, 3.05) is 5.73 Å². The van der Waals surface area contributed by atoms with Crippen molar-refractivity contribution in [1.29, 1.82) is 0 Å². The molecule has 0 aromatic heterocycles. The Bertz CT molecular complexity index is 572. The Morgan fingerprint density at radius 2 is 2.00 bits per heavy atom. The minimum atomic E-state index is 0.488. The maximum atomic E-state index is 5.96. The minimum Gasteiger partial charge on any atom is -0.489 e. The van der Waals surface area contributed by atoms with Gasteiger partial charge in [-0.2, -0.15) is 0 Å². The van der Waals surface area contributed by atoms with E-state index < -0.39 is 0 Å². The number of anilines is 1. The lowest BCUT2D eigenvalue weighted by molar-refractivity contribution is 0.305. The zero-order chi connectivity index (χ0) is 13.1. The summed E-state index contributed by atoms with van der Waals surface area (Å²) in [5.41, 5.74) is 8.47. The van der Waals surface area contributed by atoms with Crippen LogP contribution in [0.4, 0.5) is 5.69 Å². The Morgan fingerprint density at radius 1 is 1.22 bits per heavy atom. The third-order valence-corrected chi connectivity index (χ3v) is 3.76. The lowest BCUT2D eigenvalue weighted by Crippen LogP contribution is -1.97. The van der Waals surface area contributed by atoms with E-state index in [2.05, 4.69) is 15.9 Å². The first-order valence-corrected chi connectivity index (χ1v) is 6.66. The maximum Gasteiger partial charge on any atom is 0.120 e. The van der Waals surface area contributed by atoms with Gasteiger partial charge in [0.2, 0.25) is 0 Å². The Balaban J connectivity index is 2.09. The van der Waals surface area contributed by atoms with E-state index in [1.54, 1.807) is 0 Å². The monoisotopic (exact) mass is 325 g/mol. The quantitative estimate of drug-likeness (QED) is 0.838. The summed E-state index contributed by atoms with van der Waals surface area (Å²) in [5, 5.41) is 0.746. The number of nitrogens with two attached hydrogens (primary N) is 1. The molecular formula is C14H13BrClNO. The zero-order valence-electron chi connectivity index (χ0n) is 9.91. The second-order valence-corrected chi connectivity index (χ2v) is 5.31. The molecule has 2 N–H and O–H groups in total. The fourth-order valence-corrected chi connectivity index (χ4v) is 2.18. The normalized spacial score (nSPS) is 10.4. The van der Waals surface area contributed by atoms with E-state index in [4.69, 9.17) is 22.1 Å². The minimum absolute atomic E-state index is 0.488. The zero-order valence-corrected chi connectivity index (χ0v) is 12.3. The molecule has 2 aromatic rings. The number of rotatable bonds is 3. The van der Waals surface area contributed by atoms with Gasteiger partial charge in [-0.25, -0.2) is 0 Å². The average Bonchev–Trinajstić information content (AvgIpc) is 2.32. The third kappa shape index (κ3) is 3.18. The van der Waals surface area contributed by atoms with Crippen LogP contribution >= 0.6 is 27.5 Å². The van der Waals surface area contributed by atoms with Gasteiger partial charge in [-0.3, -0.25) is 0 Å². The molecular weight excluding hydrogens is 314 g/mol. The van der Waals surface area contributed by atoms with Gasteiger partial charge in [0.15, 0.2) is 0 Å². The van der Waals surface area contributed by atoms with Gasteiger partial charge in [-0.15, -0.1) is 0 Å². The van der Waals surface area contributed by atoms with E-state index in [0.29, 0.717) is 6.61 Å². The summed E-state index contributed by atoms with van der Waals surface area (Å²) in [5.74, 6) is 0.806. The van der Waals surface area contributed by atoms with Crippen LogP contribution in [0.15, 0.2) is 40.9 Å². The van der Waals surface area contributed by atoms with Crippen LogP contribution in [0.3, 0.4) is 0 Å². The Hall–Kier alpha value is -1.19. The Kier molecular flexibility index (Phi) is 4.15. The van der Waals surface area contributed by atoms with Gasteiger partial charge in [0.25, 0.3) is 0 Å². The molecule has 0 heterocycles. The highest BCUT2D eigenvalue weighted by molar-refractivity contribution is 9.10. The number of ether oxygens (including phenoxy) is 1. The molecule has 18 heavy (non-hydrogen) atoms. The molecule has 0 saturated carbocycles. The number of nitrogen functional groups attached to an aromatic ring is 1. The molecule has 0 amide bonds. The van der Waals surface area contributed by atoms with E-state index in [1.807, 2.05) is 43.3 Å². The highest BCUT2D eigenvalue weighted by atomic mass is 79.9. The predicted octanol–water partition coefficient (Wildman–Crippen LogP) is 4.57. The van der Waals surface area contributed by atoms with Crippen molar-refractivity contribution in [3.63, 3.8) is 0 Å². The van der Waals surface area contributed by atoms with Gasteiger partial charge in [0.05, 0.1) is 0 Å². The predicted molar refractivity (Wildman–Crippen MR) is 79.1 cm³/mol. The highest BCUT2D eigenvalue weighted by Crippen LogP contribution is 2.24. The van der Waals surface area contributed by atoms with Crippen molar-refractivity contribution in [2.45, 2.75) is 13.5 Å². The number of hydrogen-bond acceptors (Lipinski definition) is 2. The largest absolute Gasteiger partial charge is 0.489 e. The fraction of sp³-hybridized carbons (Fsp3) is 0.143. The number of aryl methyl sites for hydroxylation is 1. The topological polar surface area (TPSA) is 35.2 Å². The molecule has 0 atom stereocenters. The first-order valence-electron chi connectivity index (χ1n) is 5.49. The van der Waals surface area contributed by atoms with Gasteiger partial charge in [0.1, 0.15) is 12.4 Å². The van der Waals surface area contributed by atoms with Crippen molar-refractivity contribution < 1.29 is 4.74 Å². The molecule has 0 fully saturated rings. The summed E-state index contributed by atoms with van der Waals surface area (Å²) >= 11 is 9.43. The van der Waals surface area contributed by atoms with Crippen LogP contribution in [-0.4, -0.2) is 0 Å². The molecule has 0 bridgehead atoms. The first kappa shape index (κ1) is 13.2. The lowest BCUT2D eigenvalue weighted by Gasteiger charge is -2.09. The van der Waals surface area contributed by atoms with Crippen LogP contribution in [0.25, 0.3) is 0 Å². The molecule has 2 rings (SSSR count). The third-order valence-electron chi connectivity index (χ3n) is 2.60. The molecule has 94 valence electrons. The smallest absolute Gasteiger partial charge is 0.120 e. The molecule has 0 radical (unpaired) electrons. The van der Waals surface area contributed by atoms with E-state index in [9.17, 15) is 0 Å². The fourth-order valence-electron chi connectivity index (χ4n) is 1.55. The Morgan fingerprint density at radius 3 is 2.67 bits per heavy atom. The van der Waals surface area contributed by atoms with Crippen LogP contribution in [0.2, 0.25) is 5.02 Å². The van der Waals surface area contributed by atoms with Gasteiger partial charge < -0.3 is 10.5 Å². The molecule has 2 nitrogen and oxygen atoms in total. The van der Waals surface area contributed by atoms with Crippen LogP contribution in [0.5, 0.6) is 5.75 Å². The van der Waals surface area contributed by atoms with Gasteiger partial charge >= 0.3 is 0 Å². The van der Waals surface area contributed by atoms with Crippen molar-refractivity contribution in [2.24, 2.45) is 0 Å². The molecule has 4 heteroatoms. The summed E-state index contributed by atoms with van der Waals surface area (Å²) < 4.78 is 6.67. The van der Waals surface area contributed by atoms with Crippen LogP contribution in [-0.2, 0) is 6.61 Å². The van der Waals surface area contributed by atoms with Crippen LogP contribution in [0.1, 0.15) is 11.1 Å². The standard InChI is InChI=1S/C14H13BrClNO/c1-9-6-12(4-5-14(9)16)18-8-10-2-3-11(17)7-13(10)15/h2-7H,8,17H2,1H3. The van der Waals surface area contributed by atoms with Gasteiger partial charge in [-0.1, -0.05) is 33.6 Å². The summed E-state index contributed by atoms with van der Waals surface area (Å²) in [6, 6.07) is 11.3. The summed E-state index contributed by atoms with van der Waals surface area (Å²) in [6.45, 7) is 2.44. The van der Waals surface area contributed by atoms with E-state index >= 15 is 0 Å². The van der Waals surface area contributed by atoms with Gasteiger partial charge in [0, 0.05) is 20.7 Å². The van der Waals surface area contributed by atoms with E-state index in [1.165, 1.54) is 0 Å². The molecule has 2 aromatic carbocycles. The maximum absolute atomic E-state index is 5.96. The molecule has 0 aliphatic rings. The number of hydrogen-bond donors (Lipinski definition) is 1. The highest BCUT2D eigenvalue weighted by Gasteiger charge is 2.03. The molecule has 0 aliphatic heterocycles. The summed E-state index contributed by atoms with van der Waals surface area (Å²) in [4.78, 5) is 0. The van der Waals surface area contributed by atoms with E-state index in [-0.39, 0.29) is 0 Å². The second kappa shape index (κ2) is 5.63.